The van der Waals surface area contributed by atoms with Gasteiger partial charge in [0.15, 0.2) is 4.90 Å². The summed E-state index contributed by atoms with van der Waals surface area (Å²) in [5, 5.41) is 1.42. The predicted molar refractivity (Wildman–Crippen MR) is 110 cm³/mol. The Morgan fingerprint density at radius 1 is 1.00 bits per heavy atom. The molecule has 4 bridgehead atoms. The van der Waals surface area contributed by atoms with Crippen molar-refractivity contribution in [2.45, 2.75) is 51.1 Å². The van der Waals surface area contributed by atoms with E-state index in [1.807, 2.05) is 17.6 Å². The van der Waals surface area contributed by atoms with Crippen molar-refractivity contribution >= 4 is 27.3 Å². The maximum absolute atomic E-state index is 5.87. The molecule has 3 heterocycles. The van der Waals surface area contributed by atoms with Crippen LogP contribution >= 0.6 is 11.3 Å². The van der Waals surface area contributed by atoms with Gasteiger partial charge < -0.3 is 9.32 Å². The molecule has 3 aromatic rings. The molecule has 1 spiro atoms. The van der Waals surface area contributed by atoms with E-state index in [4.69, 9.17) is 4.42 Å². The number of fused-ring (bicyclic) bond motifs is 3. The zero-order chi connectivity index (χ0) is 17.8. The summed E-state index contributed by atoms with van der Waals surface area (Å²) in [6.07, 6.45) is 9.15. The normalized spacial score (nSPS) is 36.3. The predicted octanol–water partition coefficient (Wildman–Crippen LogP) is 6.47. The second-order valence-electron chi connectivity index (χ2n) is 9.52. The highest BCUT2D eigenvalue weighted by Gasteiger charge is 2.64. The highest BCUT2D eigenvalue weighted by atomic mass is 32.1. The third-order valence-electron chi connectivity index (χ3n) is 8.33. The first-order valence-electron chi connectivity index (χ1n) is 10.6. The average Bonchev–Trinajstić information content (AvgIpc) is 3.30. The lowest BCUT2D eigenvalue weighted by Crippen LogP contribution is -2.61. The number of furan rings is 1. The molecule has 0 unspecified atom stereocenters. The maximum atomic E-state index is 5.87. The van der Waals surface area contributed by atoms with Crippen LogP contribution < -0.4 is 4.90 Å². The Morgan fingerprint density at radius 3 is 2.48 bits per heavy atom. The van der Waals surface area contributed by atoms with Crippen molar-refractivity contribution < 1.29 is 4.42 Å². The Morgan fingerprint density at radius 2 is 1.74 bits per heavy atom. The Bertz CT molecular complexity index is 1030. The number of thiophene rings is 1. The number of anilines is 1. The van der Waals surface area contributed by atoms with E-state index < -0.39 is 0 Å². The fourth-order valence-electron chi connectivity index (χ4n) is 7.74. The standard InChI is InChI=1S/C24H25NOS/c1-14-4-2-3-5-20(14)25-13-21-22(19-6-7-26-23(19)27-21)24(25)17-9-15-8-16(11-17)12-18(24)10-15/h2-7,15-18H,8-13H2,1H3. The number of nitrogens with zero attached hydrogens (tertiary/aromatic N) is 1. The molecule has 2 aromatic heterocycles. The Labute approximate surface area is 164 Å². The van der Waals surface area contributed by atoms with Gasteiger partial charge in [-0.3, -0.25) is 0 Å². The molecular formula is C24H25NOS. The van der Waals surface area contributed by atoms with Gasteiger partial charge in [-0.1, -0.05) is 18.2 Å². The van der Waals surface area contributed by atoms with Crippen molar-refractivity contribution in [1.29, 1.82) is 0 Å². The van der Waals surface area contributed by atoms with Crippen LogP contribution in [0.4, 0.5) is 5.69 Å². The molecule has 0 saturated heterocycles. The molecule has 4 aliphatic carbocycles. The molecule has 138 valence electrons. The molecule has 1 aliphatic heterocycles. The molecule has 4 fully saturated rings. The topological polar surface area (TPSA) is 16.4 Å². The minimum absolute atomic E-state index is 0.205. The largest absolute Gasteiger partial charge is 0.454 e. The molecule has 4 saturated carbocycles. The van der Waals surface area contributed by atoms with Gasteiger partial charge in [0.25, 0.3) is 0 Å². The fourth-order valence-corrected chi connectivity index (χ4v) is 8.91. The number of hydrogen-bond acceptors (Lipinski definition) is 3. The molecule has 8 rings (SSSR count). The van der Waals surface area contributed by atoms with Crippen molar-refractivity contribution in [3.8, 4) is 0 Å². The first-order valence-corrected chi connectivity index (χ1v) is 11.4. The van der Waals surface area contributed by atoms with Crippen LogP contribution in [0, 0.1) is 30.6 Å². The van der Waals surface area contributed by atoms with Gasteiger partial charge in [-0.2, -0.15) is 0 Å². The third kappa shape index (κ3) is 1.73. The van der Waals surface area contributed by atoms with Crippen molar-refractivity contribution in [2.24, 2.45) is 23.7 Å². The smallest absolute Gasteiger partial charge is 0.188 e. The van der Waals surface area contributed by atoms with E-state index >= 15 is 0 Å². The van der Waals surface area contributed by atoms with Crippen LogP contribution in [0.2, 0.25) is 0 Å². The molecule has 0 radical (unpaired) electrons. The highest BCUT2D eigenvalue weighted by Crippen LogP contribution is 2.68. The summed E-state index contributed by atoms with van der Waals surface area (Å²) in [5.41, 5.74) is 4.75. The van der Waals surface area contributed by atoms with Crippen LogP contribution in [0.15, 0.2) is 41.0 Å². The minimum Gasteiger partial charge on any atom is -0.454 e. The van der Waals surface area contributed by atoms with Crippen LogP contribution in [0.3, 0.4) is 0 Å². The van der Waals surface area contributed by atoms with Crippen molar-refractivity contribution in [2.75, 3.05) is 4.90 Å². The summed E-state index contributed by atoms with van der Waals surface area (Å²) in [6.45, 7) is 3.36. The monoisotopic (exact) mass is 375 g/mol. The summed E-state index contributed by atoms with van der Waals surface area (Å²) < 4.78 is 5.87. The SMILES string of the molecule is Cc1ccccc1N1Cc2sc3occc3c2C12C1CC3CC(C1)CC2C3. The lowest BCUT2D eigenvalue weighted by molar-refractivity contribution is -0.0581. The van der Waals surface area contributed by atoms with Crippen molar-refractivity contribution in [1.82, 2.24) is 0 Å². The molecule has 2 nitrogen and oxygen atoms in total. The lowest BCUT2D eigenvalue weighted by atomic mass is 9.47. The third-order valence-corrected chi connectivity index (χ3v) is 9.41. The highest BCUT2D eigenvalue weighted by molar-refractivity contribution is 7.18. The van der Waals surface area contributed by atoms with Crippen molar-refractivity contribution in [3.05, 3.63) is 52.6 Å². The summed E-state index contributed by atoms with van der Waals surface area (Å²) in [5.74, 6) is 3.59. The number of para-hydroxylation sites is 1. The summed E-state index contributed by atoms with van der Waals surface area (Å²) >= 11 is 1.91. The molecular weight excluding hydrogens is 350 g/mol. The van der Waals surface area contributed by atoms with Crippen LogP contribution in [0.5, 0.6) is 0 Å². The van der Waals surface area contributed by atoms with Crippen LogP contribution in [0.1, 0.15) is 48.1 Å². The van der Waals surface area contributed by atoms with Crippen LogP contribution in [-0.2, 0) is 12.1 Å². The molecule has 1 aromatic carbocycles. The molecule has 5 aliphatic rings. The lowest BCUT2D eigenvalue weighted by Gasteiger charge is -2.63. The first-order chi connectivity index (χ1) is 13.2. The van der Waals surface area contributed by atoms with Gasteiger partial charge >= 0.3 is 0 Å². The van der Waals surface area contributed by atoms with E-state index in [2.05, 4.69) is 42.2 Å². The van der Waals surface area contributed by atoms with E-state index in [0.29, 0.717) is 0 Å². The van der Waals surface area contributed by atoms with Gasteiger partial charge in [0.05, 0.1) is 18.3 Å². The average molecular weight is 376 g/mol. The second kappa shape index (κ2) is 5.00. The first kappa shape index (κ1) is 15.2. The van der Waals surface area contributed by atoms with Crippen molar-refractivity contribution in [3.63, 3.8) is 0 Å². The fraction of sp³-hybridized carbons (Fsp3) is 0.500. The van der Waals surface area contributed by atoms with E-state index in [-0.39, 0.29) is 5.54 Å². The zero-order valence-electron chi connectivity index (χ0n) is 15.8. The van der Waals surface area contributed by atoms with E-state index in [1.54, 1.807) is 10.4 Å². The number of benzene rings is 1. The van der Waals surface area contributed by atoms with E-state index in [0.717, 1.165) is 35.1 Å². The molecule has 27 heavy (non-hydrogen) atoms. The number of rotatable bonds is 1. The van der Waals surface area contributed by atoms with Gasteiger partial charge in [0.1, 0.15) is 0 Å². The van der Waals surface area contributed by atoms with E-state index in [9.17, 15) is 0 Å². The molecule has 3 heteroatoms. The van der Waals surface area contributed by atoms with E-state index in [1.165, 1.54) is 48.7 Å². The minimum atomic E-state index is 0.205. The number of aryl methyl sites for hydroxylation is 1. The van der Waals surface area contributed by atoms with Crippen LogP contribution in [-0.4, -0.2) is 0 Å². The van der Waals surface area contributed by atoms with Crippen LogP contribution in [0.25, 0.3) is 10.3 Å². The summed E-state index contributed by atoms with van der Waals surface area (Å²) in [6, 6.07) is 11.3. The molecule has 0 atom stereocenters. The second-order valence-corrected chi connectivity index (χ2v) is 10.6. The van der Waals surface area contributed by atoms with Gasteiger partial charge in [-0.05, 0) is 80.4 Å². The molecule has 0 amide bonds. The zero-order valence-corrected chi connectivity index (χ0v) is 16.6. The summed E-state index contributed by atoms with van der Waals surface area (Å²) in [7, 11) is 0. The maximum Gasteiger partial charge on any atom is 0.188 e. The van der Waals surface area contributed by atoms with Gasteiger partial charge in [-0.25, -0.2) is 0 Å². The van der Waals surface area contributed by atoms with Gasteiger partial charge in [0.2, 0.25) is 0 Å². The Hall–Kier alpha value is -1.74. The van der Waals surface area contributed by atoms with Gasteiger partial charge in [-0.15, -0.1) is 11.3 Å². The Kier molecular flexibility index (Phi) is 2.81. The number of hydrogen-bond donors (Lipinski definition) is 0. The quantitative estimate of drug-likeness (QED) is 0.484. The van der Waals surface area contributed by atoms with Gasteiger partial charge in [0, 0.05) is 21.5 Å². The summed E-state index contributed by atoms with van der Waals surface area (Å²) in [4.78, 5) is 5.57. The molecule has 0 N–H and O–H groups in total. The Balaban J connectivity index is 1.52.